The van der Waals surface area contributed by atoms with E-state index in [1.165, 1.54) is 0 Å². The Morgan fingerprint density at radius 2 is 2.00 bits per heavy atom. The highest BCUT2D eigenvalue weighted by molar-refractivity contribution is 14.0. The van der Waals surface area contributed by atoms with Crippen molar-refractivity contribution < 1.29 is 9.84 Å². The Labute approximate surface area is 155 Å². The first-order chi connectivity index (χ1) is 10.7. The van der Waals surface area contributed by atoms with Gasteiger partial charge in [-0.15, -0.1) is 24.0 Å². The minimum absolute atomic E-state index is 0. The van der Waals surface area contributed by atoms with Crippen molar-refractivity contribution in [3.05, 3.63) is 29.8 Å². The van der Waals surface area contributed by atoms with Gasteiger partial charge in [0.1, 0.15) is 5.75 Å². The van der Waals surface area contributed by atoms with Crippen molar-refractivity contribution in [3.8, 4) is 5.75 Å². The molecule has 1 fully saturated rings. The van der Waals surface area contributed by atoms with Crippen LogP contribution in [-0.4, -0.2) is 36.4 Å². The SMILES string of the molecule is CCNC(=NCc1ccccc1OCC)NCC1(O)CCC1.I. The Kier molecular flexibility index (Phi) is 8.68. The number of nitrogens with zero attached hydrogens (tertiary/aromatic N) is 1. The van der Waals surface area contributed by atoms with Gasteiger partial charge in [-0.1, -0.05) is 18.2 Å². The molecule has 1 aromatic rings. The van der Waals surface area contributed by atoms with Crippen LogP contribution < -0.4 is 15.4 Å². The molecule has 1 aliphatic carbocycles. The second kappa shape index (κ2) is 9.97. The minimum Gasteiger partial charge on any atom is -0.494 e. The summed E-state index contributed by atoms with van der Waals surface area (Å²) in [5, 5.41) is 16.6. The summed E-state index contributed by atoms with van der Waals surface area (Å²) >= 11 is 0. The molecule has 0 unspecified atom stereocenters. The summed E-state index contributed by atoms with van der Waals surface area (Å²) in [6.45, 7) is 6.54. The van der Waals surface area contributed by atoms with Gasteiger partial charge in [-0.3, -0.25) is 0 Å². The molecule has 2 rings (SSSR count). The van der Waals surface area contributed by atoms with Gasteiger partial charge < -0.3 is 20.5 Å². The Hall–Kier alpha value is -1.02. The second-order valence-corrected chi connectivity index (χ2v) is 5.67. The highest BCUT2D eigenvalue weighted by Crippen LogP contribution is 2.30. The molecule has 0 atom stereocenters. The Balaban J connectivity index is 0.00000264. The van der Waals surface area contributed by atoms with Crippen molar-refractivity contribution in [2.75, 3.05) is 19.7 Å². The number of ether oxygens (including phenoxy) is 1. The van der Waals surface area contributed by atoms with E-state index in [0.717, 1.165) is 43.1 Å². The van der Waals surface area contributed by atoms with E-state index in [2.05, 4.69) is 15.6 Å². The molecule has 0 heterocycles. The van der Waals surface area contributed by atoms with Crippen molar-refractivity contribution in [1.29, 1.82) is 0 Å². The third kappa shape index (κ3) is 6.18. The molecule has 1 aromatic carbocycles. The molecule has 0 saturated heterocycles. The van der Waals surface area contributed by atoms with E-state index in [0.29, 0.717) is 19.7 Å². The molecule has 6 heteroatoms. The molecule has 1 saturated carbocycles. The van der Waals surface area contributed by atoms with Gasteiger partial charge in [0, 0.05) is 18.7 Å². The maximum Gasteiger partial charge on any atom is 0.191 e. The lowest BCUT2D eigenvalue weighted by atomic mass is 9.80. The van der Waals surface area contributed by atoms with Gasteiger partial charge in [-0.25, -0.2) is 4.99 Å². The number of hydrogen-bond acceptors (Lipinski definition) is 3. The summed E-state index contributed by atoms with van der Waals surface area (Å²) < 4.78 is 5.62. The van der Waals surface area contributed by atoms with Crippen LogP contribution in [0, 0.1) is 0 Å². The van der Waals surface area contributed by atoms with Crippen LogP contribution in [0.25, 0.3) is 0 Å². The van der Waals surface area contributed by atoms with E-state index in [1.807, 2.05) is 38.1 Å². The molecule has 130 valence electrons. The van der Waals surface area contributed by atoms with Crippen LogP contribution in [-0.2, 0) is 6.54 Å². The smallest absolute Gasteiger partial charge is 0.191 e. The van der Waals surface area contributed by atoms with Gasteiger partial charge in [0.05, 0.1) is 18.8 Å². The molecule has 3 N–H and O–H groups in total. The summed E-state index contributed by atoms with van der Waals surface area (Å²) in [4.78, 5) is 4.59. The summed E-state index contributed by atoms with van der Waals surface area (Å²) in [6, 6.07) is 7.95. The number of guanidine groups is 1. The summed E-state index contributed by atoms with van der Waals surface area (Å²) in [7, 11) is 0. The average molecular weight is 433 g/mol. The number of rotatable bonds is 7. The maximum absolute atomic E-state index is 10.2. The predicted octanol–water partition coefficient (Wildman–Crippen LogP) is 2.67. The molecule has 5 nitrogen and oxygen atoms in total. The fourth-order valence-corrected chi connectivity index (χ4v) is 2.45. The minimum atomic E-state index is -0.556. The van der Waals surface area contributed by atoms with Gasteiger partial charge in [-0.2, -0.15) is 0 Å². The molecule has 1 aliphatic rings. The third-order valence-corrected chi connectivity index (χ3v) is 3.89. The predicted molar refractivity (Wildman–Crippen MR) is 105 cm³/mol. The Morgan fingerprint density at radius 3 is 2.61 bits per heavy atom. The van der Waals surface area contributed by atoms with Gasteiger partial charge in [0.25, 0.3) is 0 Å². The van der Waals surface area contributed by atoms with Crippen LogP contribution in [0.3, 0.4) is 0 Å². The van der Waals surface area contributed by atoms with E-state index < -0.39 is 5.60 Å². The number of hydrogen-bond donors (Lipinski definition) is 3. The number of para-hydroxylation sites is 1. The number of nitrogens with one attached hydrogen (secondary N) is 2. The van der Waals surface area contributed by atoms with Crippen LogP contribution in [0.1, 0.15) is 38.7 Å². The second-order valence-electron chi connectivity index (χ2n) is 5.67. The van der Waals surface area contributed by atoms with Crippen LogP contribution >= 0.6 is 24.0 Å². The van der Waals surface area contributed by atoms with Crippen molar-refractivity contribution in [1.82, 2.24) is 10.6 Å². The summed E-state index contributed by atoms with van der Waals surface area (Å²) in [5.41, 5.74) is 0.503. The van der Waals surface area contributed by atoms with Gasteiger partial charge in [0.2, 0.25) is 0 Å². The van der Waals surface area contributed by atoms with Crippen molar-refractivity contribution >= 4 is 29.9 Å². The highest BCUT2D eigenvalue weighted by Gasteiger charge is 2.34. The lowest BCUT2D eigenvalue weighted by Gasteiger charge is -2.37. The summed E-state index contributed by atoms with van der Waals surface area (Å²) in [6.07, 6.45) is 2.84. The van der Waals surface area contributed by atoms with E-state index in [1.54, 1.807) is 0 Å². The van der Waals surface area contributed by atoms with Gasteiger partial charge in [0.15, 0.2) is 5.96 Å². The maximum atomic E-state index is 10.2. The van der Waals surface area contributed by atoms with Gasteiger partial charge >= 0.3 is 0 Å². The fourth-order valence-electron chi connectivity index (χ4n) is 2.45. The quantitative estimate of drug-likeness (QED) is 0.352. The first-order valence-corrected chi connectivity index (χ1v) is 8.12. The molecular formula is C17H28IN3O2. The van der Waals surface area contributed by atoms with Crippen LogP contribution in [0.15, 0.2) is 29.3 Å². The first kappa shape index (κ1) is 20.0. The van der Waals surface area contributed by atoms with Crippen LogP contribution in [0.5, 0.6) is 5.75 Å². The zero-order chi connectivity index (χ0) is 15.8. The van der Waals surface area contributed by atoms with Gasteiger partial charge in [-0.05, 0) is 39.2 Å². The zero-order valence-electron chi connectivity index (χ0n) is 14.0. The molecule has 23 heavy (non-hydrogen) atoms. The van der Waals surface area contributed by atoms with Crippen molar-refractivity contribution in [2.45, 2.75) is 45.3 Å². The molecule has 0 bridgehead atoms. The molecule has 0 amide bonds. The van der Waals surface area contributed by atoms with E-state index in [-0.39, 0.29) is 24.0 Å². The molecule has 0 spiro atoms. The van der Waals surface area contributed by atoms with Crippen LogP contribution in [0.4, 0.5) is 0 Å². The lowest BCUT2D eigenvalue weighted by molar-refractivity contribution is -0.0279. The average Bonchev–Trinajstić information content (AvgIpc) is 2.50. The molecule has 0 aromatic heterocycles. The monoisotopic (exact) mass is 433 g/mol. The van der Waals surface area contributed by atoms with E-state index in [4.69, 9.17) is 4.74 Å². The van der Waals surface area contributed by atoms with Crippen molar-refractivity contribution in [3.63, 3.8) is 0 Å². The summed E-state index contributed by atoms with van der Waals surface area (Å²) in [5.74, 6) is 1.61. The standard InChI is InChI=1S/C17H27N3O2.HI/c1-3-18-16(20-13-17(21)10-7-11-17)19-12-14-8-5-6-9-15(14)22-4-2;/h5-6,8-9,21H,3-4,7,10-13H2,1-2H3,(H2,18,19,20);1H. The third-order valence-electron chi connectivity index (χ3n) is 3.89. The topological polar surface area (TPSA) is 65.9 Å². The normalized spacial score (nSPS) is 16.0. The van der Waals surface area contributed by atoms with E-state index in [9.17, 15) is 5.11 Å². The number of halogens is 1. The largest absolute Gasteiger partial charge is 0.494 e. The zero-order valence-corrected chi connectivity index (χ0v) is 16.3. The fraction of sp³-hybridized carbons (Fsp3) is 0.588. The van der Waals surface area contributed by atoms with E-state index >= 15 is 0 Å². The molecule has 0 aliphatic heterocycles. The Morgan fingerprint density at radius 1 is 1.26 bits per heavy atom. The Bertz CT molecular complexity index is 504. The molecule has 0 radical (unpaired) electrons. The lowest BCUT2D eigenvalue weighted by Crippen LogP contribution is -2.50. The number of aliphatic imine (C=N–C) groups is 1. The number of aliphatic hydroxyl groups is 1. The number of benzene rings is 1. The first-order valence-electron chi connectivity index (χ1n) is 8.12. The van der Waals surface area contributed by atoms with Crippen LogP contribution in [0.2, 0.25) is 0 Å². The molecular weight excluding hydrogens is 405 g/mol. The van der Waals surface area contributed by atoms with Crippen molar-refractivity contribution in [2.24, 2.45) is 4.99 Å². The highest BCUT2D eigenvalue weighted by atomic mass is 127.